The van der Waals surface area contributed by atoms with Crippen molar-refractivity contribution >= 4 is 34.4 Å². The van der Waals surface area contributed by atoms with Crippen LogP contribution in [-0.2, 0) is 0 Å². The van der Waals surface area contributed by atoms with Gasteiger partial charge in [-0.05, 0) is 43.7 Å². The van der Waals surface area contributed by atoms with Crippen LogP contribution in [-0.4, -0.2) is 28.1 Å². The molecule has 2 aromatic rings. The van der Waals surface area contributed by atoms with Crippen LogP contribution in [0, 0.1) is 0 Å². The minimum atomic E-state index is -0.132. The van der Waals surface area contributed by atoms with Crippen LogP contribution in [0.25, 0.3) is 10.9 Å². The quantitative estimate of drug-likeness (QED) is 0.809. The first kappa shape index (κ1) is 13.4. The molecule has 2 amide bonds. The Morgan fingerprint density at radius 3 is 3.15 bits per heavy atom. The zero-order valence-electron chi connectivity index (χ0n) is 11.5. The van der Waals surface area contributed by atoms with Crippen LogP contribution in [0.3, 0.4) is 0 Å². The fourth-order valence-electron chi connectivity index (χ4n) is 2.60. The molecule has 3 N–H and O–H groups in total. The van der Waals surface area contributed by atoms with Crippen molar-refractivity contribution in [3.63, 3.8) is 0 Å². The van der Waals surface area contributed by atoms with Gasteiger partial charge in [0.2, 0.25) is 0 Å². The molecule has 1 aliphatic rings. The van der Waals surface area contributed by atoms with Crippen molar-refractivity contribution in [2.24, 2.45) is 0 Å². The topological polar surface area (TPSA) is 56.9 Å². The molecule has 5 heteroatoms. The normalized spacial score (nSPS) is 22.1. The van der Waals surface area contributed by atoms with E-state index in [1.165, 1.54) is 18.6 Å². The summed E-state index contributed by atoms with van der Waals surface area (Å²) in [5, 5.41) is 6.95. The molecule has 0 radical (unpaired) electrons. The third-order valence-electron chi connectivity index (χ3n) is 3.77. The van der Waals surface area contributed by atoms with Gasteiger partial charge in [-0.15, -0.1) is 0 Å². The zero-order chi connectivity index (χ0) is 14.0. The van der Waals surface area contributed by atoms with Gasteiger partial charge in [0, 0.05) is 28.4 Å². The van der Waals surface area contributed by atoms with Gasteiger partial charge in [0.1, 0.15) is 0 Å². The minimum Gasteiger partial charge on any atom is -0.361 e. The van der Waals surface area contributed by atoms with E-state index >= 15 is 0 Å². The second-order valence-electron chi connectivity index (χ2n) is 5.45. The molecule has 1 fully saturated rings. The molecular weight excluding hydrogens is 270 g/mol. The highest BCUT2D eigenvalue weighted by atomic mass is 32.2. The van der Waals surface area contributed by atoms with Gasteiger partial charge < -0.3 is 15.6 Å². The van der Waals surface area contributed by atoms with Gasteiger partial charge in [-0.25, -0.2) is 4.79 Å². The first-order valence-electron chi connectivity index (χ1n) is 6.91. The second-order valence-corrected chi connectivity index (χ2v) is 7.14. The third-order valence-corrected chi connectivity index (χ3v) is 5.30. The lowest BCUT2D eigenvalue weighted by molar-refractivity contribution is 0.251. The number of aromatic amines is 1. The first-order chi connectivity index (χ1) is 9.66. The lowest BCUT2D eigenvalue weighted by atomic mass is 10.1. The lowest BCUT2D eigenvalue weighted by Crippen LogP contribution is -2.39. The molecule has 2 heterocycles. The van der Waals surface area contributed by atoms with Crippen LogP contribution in [0.15, 0.2) is 30.5 Å². The number of H-pyrrole nitrogens is 1. The number of hydrogen-bond donors (Lipinski definition) is 3. The fourth-order valence-corrected chi connectivity index (χ4v) is 3.85. The standard InChI is InChI=1S/C15H19N3OS/c1-15(7-3-9-20-15)10-17-14(19)18-13-5-2-4-12-11(13)6-8-16-12/h2,4-6,8,16H,3,7,9-10H2,1H3,(H2,17,18,19). The average molecular weight is 289 g/mol. The Balaban J connectivity index is 1.63. The molecule has 0 bridgehead atoms. The molecule has 1 unspecified atom stereocenters. The third kappa shape index (κ3) is 2.77. The van der Waals surface area contributed by atoms with Crippen molar-refractivity contribution in [1.82, 2.24) is 10.3 Å². The Morgan fingerprint density at radius 1 is 1.45 bits per heavy atom. The van der Waals surface area contributed by atoms with Gasteiger partial charge in [0.15, 0.2) is 0 Å². The highest BCUT2D eigenvalue weighted by Gasteiger charge is 2.29. The molecule has 0 saturated carbocycles. The maximum Gasteiger partial charge on any atom is 0.319 e. The Kier molecular flexibility index (Phi) is 3.61. The summed E-state index contributed by atoms with van der Waals surface area (Å²) in [6.07, 6.45) is 4.29. The van der Waals surface area contributed by atoms with Crippen LogP contribution in [0.1, 0.15) is 19.8 Å². The second kappa shape index (κ2) is 5.40. The highest BCUT2D eigenvalue weighted by Crippen LogP contribution is 2.36. The maximum atomic E-state index is 12.0. The molecule has 1 aromatic heterocycles. The Labute approximate surface area is 122 Å². The van der Waals surface area contributed by atoms with Crippen molar-refractivity contribution in [3.05, 3.63) is 30.5 Å². The predicted octanol–water partition coefficient (Wildman–Crippen LogP) is 3.58. The number of carbonyl (C=O) groups is 1. The monoisotopic (exact) mass is 289 g/mol. The summed E-state index contributed by atoms with van der Waals surface area (Å²) in [6, 6.07) is 7.69. The summed E-state index contributed by atoms with van der Waals surface area (Å²) in [7, 11) is 0. The number of hydrogen-bond acceptors (Lipinski definition) is 2. The van der Waals surface area contributed by atoms with E-state index in [-0.39, 0.29) is 10.8 Å². The van der Waals surface area contributed by atoms with Crippen LogP contribution in [0.4, 0.5) is 10.5 Å². The number of anilines is 1. The number of amides is 2. The molecule has 0 spiro atoms. The number of rotatable bonds is 3. The zero-order valence-corrected chi connectivity index (χ0v) is 12.3. The van der Waals surface area contributed by atoms with Crippen molar-refractivity contribution in [2.75, 3.05) is 17.6 Å². The van der Waals surface area contributed by atoms with E-state index in [1.54, 1.807) is 0 Å². The van der Waals surface area contributed by atoms with E-state index in [2.05, 4.69) is 22.5 Å². The molecule has 3 rings (SSSR count). The van der Waals surface area contributed by atoms with Gasteiger partial charge >= 0.3 is 6.03 Å². The lowest BCUT2D eigenvalue weighted by Gasteiger charge is -2.23. The smallest absolute Gasteiger partial charge is 0.319 e. The molecule has 1 atom stereocenters. The minimum absolute atomic E-state index is 0.132. The number of fused-ring (bicyclic) bond motifs is 1. The molecular formula is C15H19N3OS. The molecule has 20 heavy (non-hydrogen) atoms. The summed E-state index contributed by atoms with van der Waals surface area (Å²) >= 11 is 1.95. The summed E-state index contributed by atoms with van der Waals surface area (Å²) in [5.74, 6) is 1.20. The molecule has 1 saturated heterocycles. The van der Waals surface area contributed by atoms with E-state index < -0.39 is 0 Å². The van der Waals surface area contributed by atoms with Crippen molar-refractivity contribution in [2.45, 2.75) is 24.5 Å². The van der Waals surface area contributed by atoms with Crippen LogP contribution in [0.5, 0.6) is 0 Å². The number of nitrogens with one attached hydrogen (secondary N) is 3. The van der Waals surface area contributed by atoms with Gasteiger partial charge in [0.05, 0.1) is 5.69 Å². The van der Waals surface area contributed by atoms with E-state index in [4.69, 9.17) is 0 Å². The molecule has 1 aromatic carbocycles. The number of thioether (sulfide) groups is 1. The SMILES string of the molecule is CC1(CNC(=O)Nc2cccc3[nH]ccc23)CCCS1. The molecule has 106 valence electrons. The van der Waals surface area contributed by atoms with Crippen molar-refractivity contribution < 1.29 is 4.79 Å². The molecule has 1 aliphatic heterocycles. The predicted molar refractivity (Wildman–Crippen MR) is 85.4 cm³/mol. The van der Waals surface area contributed by atoms with Crippen molar-refractivity contribution in [3.8, 4) is 0 Å². The Morgan fingerprint density at radius 2 is 2.35 bits per heavy atom. The average Bonchev–Trinajstić information content (AvgIpc) is 3.06. The number of aromatic nitrogens is 1. The van der Waals surface area contributed by atoms with Gasteiger partial charge in [-0.2, -0.15) is 11.8 Å². The first-order valence-corrected chi connectivity index (χ1v) is 7.90. The summed E-state index contributed by atoms with van der Waals surface area (Å²) in [5.41, 5.74) is 1.87. The summed E-state index contributed by atoms with van der Waals surface area (Å²) in [4.78, 5) is 15.2. The number of carbonyl (C=O) groups excluding carboxylic acids is 1. The Bertz CT molecular complexity index is 616. The van der Waals surface area contributed by atoms with Crippen LogP contribution in [0.2, 0.25) is 0 Å². The van der Waals surface area contributed by atoms with Crippen LogP contribution >= 0.6 is 11.8 Å². The van der Waals surface area contributed by atoms with E-state index in [9.17, 15) is 4.79 Å². The summed E-state index contributed by atoms with van der Waals surface area (Å²) < 4.78 is 0.192. The van der Waals surface area contributed by atoms with E-state index in [0.29, 0.717) is 6.54 Å². The highest BCUT2D eigenvalue weighted by molar-refractivity contribution is 8.00. The van der Waals surface area contributed by atoms with E-state index in [0.717, 1.165) is 16.6 Å². The number of urea groups is 1. The Hall–Kier alpha value is -1.62. The largest absolute Gasteiger partial charge is 0.361 e. The number of benzene rings is 1. The van der Waals surface area contributed by atoms with Crippen LogP contribution < -0.4 is 10.6 Å². The fraction of sp³-hybridized carbons (Fsp3) is 0.400. The molecule has 4 nitrogen and oxygen atoms in total. The van der Waals surface area contributed by atoms with Gasteiger partial charge in [0.25, 0.3) is 0 Å². The molecule has 0 aliphatic carbocycles. The van der Waals surface area contributed by atoms with Gasteiger partial charge in [-0.3, -0.25) is 0 Å². The van der Waals surface area contributed by atoms with Gasteiger partial charge in [-0.1, -0.05) is 6.07 Å². The van der Waals surface area contributed by atoms with E-state index in [1.807, 2.05) is 42.2 Å². The maximum absolute atomic E-state index is 12.0. The summed E-state index contributed by atoms with van der Waals surface area (Å²) in [6.45, 7) is 2.93. The van der Waals surface area contributed by atoms with Crippen molar-refractivity contribution in [1.29, 1.82) is 0 Å².